The van der Waals surface area contributed by atoms with Crippen LogP contribution in [-0.4, -0.2) is 37.2 Å². The quantitative estimate of drug-likeness (QED) is 0.563. The maximum atomic E-state index is 12.8. The minimum atomic E-state index is -3.72. The van der Waals surface area contributed by atoms with Gasteiger partial charge in [-0.25, -0.2) is 8.42 Å². The second-order valence-corrected chi connectivity index (χ2v) is 8.29. The zero-order chi connectivity index (χ0) is 18.1. The molecule has 0 radical (unpaired) electrons. The summed E-state index contributed by atoms with van der Waals surface area (Å²) in [7, 11) is -3.72. The summed E-state index contributed by atoms with van der Waals surface area (Å²) in [5.74, 6) is 0. The number of sulfonamides is 1. The molecule has 1 saturated heterocycles. The molecule has 132 valence electrons. The first-order valence-electron chi connectivity index (χ1n) is 8.09. The lowest BCUT2D eigenvalue weighted by molar-refractivity contribution is -0.110. The van der Waals surface area contributed by atoms with Gasteiger partial charge in [-0.2, -0.15) is 4.31 Å². The highest BCUT2D eigenvalue weighted by Gasteiger charge is 2.65. The predicted octanol–water partition coefficient (Wildman–Crippen LogP) is 2.54. The van der Waals surface area contributed by atoms with Gasteiger partial charge in [0, 0.05) is 0 Å². The molecule has 0 aliphatic carbocycles. The van der Waals surface area contributed by atoms with Crippen molar-refractivity contribution in [1.29, 1.82) is 0 Å². The average molecular weight is 359 g/mol. The molecule has 1 unspecified atom stereocenters. The largest absolute Gasteiger partial charge is 0.375 e. The molecule has 2 aromatic carbocycles. The maximum absolute atomic E-state index is 12.8. The van der Waals surface area contributed by atoms with Gasteiger partial charge >= 0.3 is 0 Å². The van der Waals surface area contributed by atoms with Crippen LogP contribution in [0.15, 0.2) is 59.5 Å². The molecule has 1 aliphatic heterocycles. The molecule has 2 aromatic rings. The number of ether oxygens (including phenoxy) is 1. The van der Waals surface area contributed by atoms with Gasteiger partial charge in [0.05, 0.1) is 24.2 Å². The smallest absolute Gasteiger partial charge is 0.244 e. The monoisotopic (exact) mass is 359 g/mol. The van der Waals surface area contributed by atoms with Crippen LogP contribution in [0.2, 0.25) is 0 Å². The van der Waals surface area contributed by atoms with E-state index in [0.29, 0.717) is 12.9 Å². The van der Waals surface area contributed by atoms with E-state index < -0.39 is 21.6 Å². The molecule has 6 heteroatoms. The second kappa shape index (κ2) is 6.71. The lowest BCUT2D eigenvalue weighted by atomic mass is 10.1. The van der Waals surface area contributed by atoms with E-state index in [1.165, 1.54) is 4.31 Å². The van der Waals surface area contributed by atoms with E-state index in [4.69, 9.17) is 4.74 Å². The van der Waals surface area contributed by atoms with Crippen LogP contribution in [0, 0.1) is 6.92 Å². The number of aldehydes is 1. The Morgan fingerprint density at radius 2 is 1.76 bits per heavy atom. The fourth-order valence-corrected chi connectivity index (χ4v) is 4.87. The minimum Gasteiger partial charge on any atom is -0.375 e. The molecule has 0 bridgehead atoms. The lowest BCUT2D eigenvalue weighted by Crippen LogP contribution is -2.22. The fourth-order valence-electron chi connectivity index (χ4n) is 2.92. The number of nitrogens with zero attached hydrogens (tertiary/aromatic N) is 1. The molecule has 3 atom stereocenters. The first kappa shape index (κ1) is 17.8. The standard InChI is InChI=1S/C19H21NO4S/c1-15-8-10-17(11-9-15)25(22,23)20-18(19(20,2)14-21)13-24-12-16-6-4-3-5-7-16/h3-11,14,18H,12-13H2,1-2H3/t18-,19-,20?/m0/s1. The number of carbonyl (C=O) groups excluding carboxylic acids is 1. The molecule has 25 heavy (non-hydrogen) atoms. The van der Waals surface area contributed by atoms with Gasteiger partial charge in [-0.15, -0.1) is 0 Å². The second-order valence-electron chi connectivity index (χ2n) is 6.47. The Morgan fingerprint density at radius 1 is 1.12 bits per heavy atom. The van der Waals surface area contributed by atoms with E-state index in [1.54, 1.807) is 31.2 Å². The molecule has 3 rings (SSSR count). The van der Waals surface area contributed by atoms with E-state index >= 15 is 0 Å². The Hall–Kier alpha value is -2.02. The van der Waals surface area contributed by atoms with Gasteiger partial charge in [0.15, 0.2) is 0 Å². The Kier molecular flexibility index (Phi) is 4.77. The topological polar surface area (TPSA) is 63.4 Å². The fraction of sp³-hybridized carbons (Fsp3) is 0.316. The molecule has 1 heterocycles. The summed E-state index contributed by atoms with van der Waals surface area (Å²) in [6, 6.07) is 15.8. The molecule has 0 N–H and O–H groups in total. The Balaban J connectivity index is 1.72. The van der Waals surface area contributed by atoms with Gasteiger partial charge in [0.1, 0.15) is 11.8 Å². The number of carbonyl (C=O) groups is 1. The van der Waals surface area contributed by atoms with Crippen LogP contribution >= 0.6 is 0 Å². The molecule has 0 aromatic heterocycles. The number of aryl methyl sites for hydroxylation is 1. The van der Waals surface area contributed by atoms with Gasteiger partial charge in [-0.05, 0) is 31.5 Å². The van der Waals surface area contributed by atoms with E-state index in [-0.39, 0.29) is 11.5 Å². The van der Waals surface area contributed by atoms with E-state index in [1.807, 2.05) is 37.3 Å². The molecule has 1 aliphatic rings. The van der Waals surface area contributed by atoms with Crippen molar-refractivity contribution in [2.24, 2.45) is 0 Å². The third kappa shape index (κ3) is 3.38. The first-order valence-corrected chi connectivity index (χ1v) is 9.53. The van der Waals surface area contributed by atoms with Crippen LogP contribution in [0.4, 0.5) is 0 Å². The summed E-state index contributed by atoms with van der Waals surface area (Å²) in [6.07, 6.45) is 0.690. The highest BCUT2D eigenvalue weighted by molar-refractivity contribution is 7.89. The van der Waals surface area contributed by atoms with Crippen LogP contribution in [0.25, 0.3) is 0 Å². The van der Waals surface area contributed by atoms with Gasteiger partial charge < -0.3 is 9.53 Å². The summed E-state index contributed by atoms with van der Waals surface area (Å²) in [4.78, 5) is 11.7. The van der Waals surface area contributed by atoms with Crippen LogP contribution in [-0.2, 0) is 26.2 Å². The zero-order valence-corrected chi connectivity index (χ0v) is 15.1. The predicted molar refractivity (Wildman–Crippen MR) is 94.6 cm³/mol. The highest BCUT2D eigenvalue weighted by Crippen LogP contribution is 2.44. The molecule has 0 saturated carbocycles. The van der Waals surface area contributed by atoms with Crippen LogP contribution in [0.5, 0.6) is 0 Å². The van der Waals surface area contributed by atoms with Gasteiger partial charge in [-0.3, -0.25) is 0 Å². The van der Waals surface area contributed by atoms with Crippen LogP contribution < -0.4 is 0 Å². The Morgan fingerprint density at radius 3 is 2.36 bits per heavy atom. The van der Waals surface area contributed by atoms with Crippen molar-refractivity contribution in [1.82, 2.24) is 4.31 Å². The maximum Gasteiger partial charge on any atom is 0.244 e. The van der Waals surface area contributed by atoms with Gasteiger partial charge in [0.25, 0.3) is 0 Å². The van der Waals surface area contributed by atoms with E-state index in [0.717, 1.165) is 11.1 Å². The zero-order valence-electron chi connectivity index (χ0n) is 14.3. The first-order chi connectivity index (χ1) is 11.9. The number of benzene rings is 2. The number of hydrogen-bond donors (Lipinski definition) is 0. The third-order valence-electron chi connectivity index (χ3n) is 4.57. The van der Waals surface area contributed by atoms with Crippen molar-refractivity contribution in [3.63, 3.8) is 0 Å². The summed E-state index contributed by atoms with van der Waals surface area (Å²) in [6.45, 7) is 4.08. The molecule has 0 spiro atoms. The number of rotatable bonds is 7. The summed E-state index contributed by atoms with van der Waals surface area (Å²) in [5, 5.41) is 0. The van der Waals surface area contributed by atoms with E-state index in [2.05, 4.69) is 0 Å². The lowest BCUT2D eigenvalue weighted by Gasteiger charge is -2.08. The normalized spacial score (nSPS) is 25.5. The summed E-state index contributed by atoms with van der Waals surface area (Å²) in [5.41, 5.74) is 0.926. The molecule has 5 nitrogen and oxygen atoms in total. The molecular weight excluding hydrogens is 338 g/mol. The third-order valence-corrected chi connectivity index (χ3v) is 6.60. The summed E-state index contributed by atoms with van der Waals surface area (Å²) < 4.78 is 32.6. The van der Waals surface area contributed by atoms with Crippen molar-refractivity contribution in [3.05, 3.63) is 65.7 Å². The highest BCUT2D eigenvalue weighted by atomic mass is 32.2. The van der Waals surface area contributed by atoms with Crippen molar-refractivity contribution in [2.75, 3.05) is 6.61 Å². The van der Waals surface area contributed by atoms with Crippen molar-refractivity contribution < 1.29 is 17.9 Å². The van der Waals surface area contributed by atoms with E-state index in [9.17, 15) is 13.2 Å². The summed E-state index contributed by atoms with van der Waals surface area (Å²) >= 11 is 0. The molecular formula is C19H21NO4S. The van der Waals surface area contributed by atoms with Gasteiger partial charge in [0.2, 0.25) is 10.0 Å². The van der Waals surface area contributed by atoms with Crippen molar-refractivity contribution >= 4 is 16.3 Å². The number of hydrogen-bond acceptors (Lipinski definition) is 4. The SMILES string of the molecule is Cc1ccc(S(=O)(=O)N2[C@@H](COCc3ccccc3)[C@]2(C)C=O)cc1. The molecule has 1 fully saturated rings. The molecule has 0 amide bonds. The Labute approximate surface area is 148 Å². The minimum absolute atomic E-state index is 0.176. The van der Waals surface area contributed by atoms with Crippen molar-refractivity contribution in [3.8, 4) is 0 Å². The van der Waals surface area contributed by atoms with Crippen LogP contribution in [0.3, 0.4) is 0 Å². The average Bonchev–Trinajstić information content (AvgIpc) is 3.22. The van der Waals surface area contributed by atoms with Crippen LogP contribution in [0.1, 0.15) is 18.1 Å². The Bertz CT molecular complexity index is 849. The van der Waals surface area contributed by atoms with Gasteiger partial charge in [-0.1, -0.05) is 48.0 Å². The van der Waals surface area contributed by atoms with Crippen molar-refractivity contribution in [2.45, 2.75) is 36.9 Å².